The van der Waals surface area contributed by atoms with Crippen molar-refractivity contribution >= 4 is 5.91 Å². The monoisotopic (exact) mass is 205 g/mol. The summed E-state index contributed by atoms with van der Waals surface area (Å²) in [7, 11) is 1.82. The van der Waals surface area contributed by atoms with E-state index < -0.39 is 0 Å². The van der Waals surface area contributed by atoms with Crippen LogP contribution in [0.4, 0.5) is 0 Å². The van der Waals surface area contributed by atoms with Gasteiger partial charge in [0.1, 0.15) is 5.75 Å². The topological polar surface area (TPSA) is 40.5 Å². The first kappa shape index (κ1) is 10.0. The molecule has 1 amide bonds. The molecule has 0 atom stereocenters. The summed E-state index contributed by atoms with van der Waals surface area (Å²) >= 11 is 0. The number of phenolic OH excluding ortho intramolecular Hbond substituents is 1. The average molecular weight is 205 g/mol. The Labute approximate surface area is 89.3 Å². The third-order valence-corrected chi connectivity index (χ3v) is 3.00. The lowest BCUT2D eigenvalue weighted by Gasteiger charge is -2.12. The SMILES string of the molecule is Cc1cc2c(cc1O)CC(=O)N(C)CC2. The summed E-state index contributed by atoms with van der Waals surface area (Å²) in [6.07, 6.45) is 1.28. The molecule has 0 aromatic heterocycles. The third-order valence-electron chi connectivity index (χ3n) is 3.00. The number of amides is 1. The van der Waals surface area contributed by atoms with Crippen LogP contribution >= 0.6 is 0 Å². The molecule has 0 fully saturated rings. The summed E-state index contributed by atoms with van der Waals surface area (Å²) in [4.78, 5) is 13.4. The van der Waals surface area contributed by atoms with Crippen LogP contribution in [0, 0.1) is 6.92 Å². The van der Waals surface area contributed by atoms with E-state index in [1.165, 1.54) is 5.56 Å². The predicted molar refractivity (Wildman–Crippen MR) is 57.9 cm³/mol. The number of phenols is 1. The highest BCUT2D eigenvalue weighted by Crippen LogP contribution is 2.24. The molecule has 0 unspecified atom stereocenters. The van der Waals surface area contributed by atoms with Gasteiger partial charge in [0, 0.05) is 13.6 Å². The summed E-state index contributed by atoms with van der Waals surface area (Å²) in [5.41, 5.74) is 3.03. The molecule has 0 spiro atoms. The fourth-order valence-corrected chi connectivity index (χ4v) is 1.91. The molecule has 0 saturated carbocycles. The van der Waals surface area contributed by atoms with Gasteiger partial charge in [-0.1, -0.05) is 6.07 Å². The summed E-state index contributed by atoms with van der Waals surface area (Å²) in [5.74, 6) is 0.406. The molecular formula is C12H15NO2. The van der Waals surface area contributed by atoms with Crippen molar-refractivity contribution in [2.24, 2.45) is 0 Å². The fourth-order valence-electron chi connectivity index (χ4n) is 1.91. The minimum Gasteiger partial charge on any atom is -0.508 e. The minimum atomic E-state index is 0.122. The van der Waals surface area contributed by atoms with E-state index in [1.807, 2.05) is 20.0 Å². The number of benzene rings is 1. The Morgan fingerprint density at radius 3 is 2.80 bits per heavy atom. The van der Waals surface area contributed by atoms with Gasteiger partial charge in [-0.2, -0.15) is 0 Å². The van der Waals surface area contributed by atoms with Crippen LogP contribution in [-0.4, -0.2) is 29.5 Å². The summed E-state index contributed by atoms with van der Waals surface area (Å²) < 4.78 is 0. The molecule has 0 aliphatic carbocycles. The maximum absolute atomic E-state index is 11.6. The lowest BCUT2D eigenvalue weighted by atomic mass is 10.00. The summed E-state index contributed by atoms with van der Waals surface area (Å²) in [5, 5.41) is 9.59. The number of likely N-dealkylation sites (N-methyl/N-ethyl adjacent to an activating group) is 1. The van der Waals surface area contributed by atoms with E-state index in [0.717, 1.165) is 24.1 Å². The maximum Gasteiger partial charge on any atom is 0.226 e. The largest absolute Gasteiger partial charge is 0.508 e. The van der Waals surface area contributed by atoms with Crippen molar-refractivity contribution < 1.29 is 9.90 Å². The second-order valence-electron chi connectivity index (χ2n) is 4.15. The van der Waals surface area contributed by atoms with E-state index in [9.17, 15) is 9.90 Å². The quantitative estimate of drug-likeness (QED) is 0.692. The van der Waals surface area contributed by atoms with Crippen LogP contribution in [0.3, 0.4) is 0 Å². The van der Waals surface area contributed by atoms with E-state index >= 15 is 0 Å². The van der Waals surface area contributed by atoms with Crippen LogP contribution in [0.15, 0.2) is 12.1 Å². The number of hydrogen-bond donors (Lipinski definition) is 1. The molecular weight excluding hydrogens is 190 g/mol. The smallest absolute Gasteiger partial charge is 0.226 e. The van der Waals surface area contributed by atoms with Gasteiger partial charge < -0.3 is 10.0 Å². The van der Waals surface area contributed by atoms with Crippen molar-refractivity contribution in [1.82, 2.24) is 4.90 Å². The van der Waals surface area contributed by atoms with Gasteiger partial charge in [0.25, 0.3) is 0 Å². The van der Waals surface area contributed by atoms with Crippen LogP contribution in [0.1, 0.15) is 16.7 Å². The molecule has 1 aliphatic heterocycles. The molecule has 3 nitrogen and oxygen atoms in total. The molecule has 15 heavy (non-hydrogen) atoms. The highest BCUT2D eigenvalue weighted by atomic mass is 16.3. The van der Waals surface area contributed by atoms with E-state index in [4.69, 9.17) is 0 Å². The van der Waals surface area contributed by atoms with E-state index in [1.54, 1.807) is 11.0 Å². The zero-order valence-electron chi connectivity index (χ0n) is 9.08. The normalized spacial score (nSPS) is 16.1. The van der Waals surface area contributed by atoms with Crippen molar-refractivity contribution in [3.63, 3.8) is 0 Å². The number of rotatable bonds is 0. The first-order valence-corrected chi connectivity index (χ1v) is 5.13. The zero-order valence-corrected chi connectivity index (χ0v) is 9.08. The van der Waals surface area contributed by atoms with Crippen LogP contribution in [0.2, 0.25) is 0 Å². The highest BCUT2D eigenvalue weighted by molar-refractivity contribution is 5.79. The summed E-state index contributed by atoms with van der Waals surface area (Å²) in [6, 6.07) is 3.71. The van der Waals surface area contributed by atoms with E-state index in [-0.39, 0.29) is 11.7 Å². The second kappa shape index (κ2) is 3.57. The molecule has 1 aromatic carbocycles. The van der Waals surface area contributed by atoms with Crippen molar-refractivity contribution in [2.75, 3.05) is 13.6 Å². The van der Waals surface area contributed by atoms with Crippen LogP contribution in [0.5, 0.6) is 5.75 Å². The second-order valence-corrected chi connectivity index (χ2v) is 4.15. The number of aromatic hydroxyl groups is 1. The van der Waals surface area contributed by atoms with Gasteiger partial charge in [0.15, 0.2) is 0 Å². The van der Waals surface area contributed by atoms with E-state index in [0.29, 0.717) is 6.42 Å². The van der Waals surface area contributed by atoms with Gasteiger partial charge in [-0.25, -0.2) is 0 Å². The zero-order chi connectivity index (χ0) is 11.0. The van der Waals surface area contributed by atoms with Crippen molar-refractivity contribution in [2.45, 2.75) is 19.8 Å². The van der Waals surface area contributed by atoms with Crippen molar-refractivity contribution in [1.29, 1.82) is 0 Å². The van der Waals surface area contributed by atoms with Gasteiger partial charge in [-0.15, -0.1) is 0 Å². The Hall–Kier alpha value is -1.51. The molecule has 0 radical (unpaired) electrons. The van der Waals surface area contributed by atoms with Gasteiger partial charge in [0.2, 0.25) is 5.91 Å². The lowest BCUT2D eigenvalue weighted by molar-refractivity contribution is -0.128. The van der Waals surface area contributed by atoms with Crippen molar-refractivity contribution in [3.8, 4) is 5.75 Å². The Morgan fingerprint density at radius 2 is 2.07 bits per heavy atom. The molecule has 1 heterocycles. The Morgan fingerprint density at radius 1 is 1.33 bits per heavy atom. The fraction of sp³-hybridized carbons (Fsp3) is 0.417. The number of aryl methyl sites for hydroxylation is 1. The molecule has 1 aliphatic rings. The Balaban J connectivity index is 2.43. The standard InChI is InChI=1S/C12H15NO2/c1-8-5-9-3-4-13(2)12(15)7-10(9)6-11(8)14/h5-6,14H,3-4,7H2,1-2H3. The van der Waals surface area contributed by atoms with E-state index in [2.05, 4.69) is 0 Å². The lowest BCUT2D eigenvalue weighted by Crippen LogP contribution is -2.27. The van der Waals surface area contributed by atoms with Gasteiger partial charge in [-0.05, 0) is 36.1 Å². The first-order valence-electron chi connectivity index (χ1n) is 5.13. The average Bonchev–Trinajstić information content (AvgIpc) is 2.31. The molecule has 2 rings (SSSR count). The van der Waals surface area contributed by atoms with Crippen LogP contribution < -0.4 is 0 Å². The third kappa shape index (κ3) is 1.82. The van der Waals surface area contributed by atoms with Crippen LogP contribution in [0.25, 0.3) is 0 Å². The molecule has 3 heteroatoms. The number of carbonyl (C=O) groups excluding carboxylic acids is 1. The van der Waals surface area contributed by atoms with Gasteiger partial charge in [0.05, 0.1) is 6.42 Å². The first-order chi connectivity index (χ1) is 7.08. The Bertz CT molecular complexity index is 412. The number of hydrogen-bond acceptors (Lipinski definition) is 2. The molecule has 1 N–H and O–H groups in total. The number of fused-ring (bicyclic) bond motifs is 1. The summed E-state index contributed by atoms with van der Waals surface area (Å²) in [6.45, 7) is 2.64. The maximum atomic E-state index is 11.6. The van der Waals surface area contributed by atoms with Crippen LogP contribution in [-0.2, 0) is 17.6 Å². The number of carbonyl (C=O) groups is 1. The molecule has 0 saturated heterocycles. The molecule has 0 bridgehead atoms. The minimum absolute atomic E-state index is 0.122. The van der Waals surface area contributed by atoms with Crippen molar-refractivity contribution in [3.05, 3.63) is 28.8 Å². The molecule has 1 aromatic rings. The van der Waals surface area contributed by atoms with Gasteiger partial charge >= 0.3 is 0 Å². The highest BCUT2D eigenvalue weighted by Gasteiger charge is 2.18. The van der Waals surface area contributed by atoms with Gasteiger partial charge in [-0.3, -0.25) is 4.79 Å². The number of nitrogens with zero attached hydrogens (tertiary/aromatic N) is 1. The predicted octanol–water partition coefficient (Wildman–Crippen LogP) is 1.26. The molecule has 80 valence electrons. The Kier molecular flexibility index (Phi) is 2.39.